The molecule has 0 aromatic carbocycles. The molecule has 1 rings (SSSR count). The molecule has 1 aromatic rings. The van der Waals surface area contributed by atoms with Crippen molar-refractivity contribution in [3.63, 3.8) is 0 Å². The average Bonchev–Trinajstić information content (AvgIpc) is 1.96. The average molecular weight is 232 g/mol. The van der Waals surface area contributed by atoms with Gasteiger partial charge in [-0.25, -0.2) is 4.98 Å². The summed E-state index contributed by atoms with van der Waals surface area (Å²) in [5, 5.41) is 0. The van der Waals surface area contributed by atoms with E-state index in [-0.39, 0.29) is 5.95 Å². The van der Waals surface area contributed by atoms with Crippen LogP contribution in [0.4, 0.5) is 4.39 Å². The Morgan fingerprint density at radius 3 is 2.58 bits per heavy atom. The minimum atomic E-state index is -0.381. The molecular formula is C9H11BrFN. The Bertz CT molecular complexity index is 297. The summed E-state index contributed by atoms with van der Waals surface area (Å²) in [6, 6.07) is 1.86. The molecule has 0 amide bonds. The van der Waals surface area contributed by atoms with E-state index in [1.807, 2.05) is 19.9 Å². The highest BCUT2D eigenvalue weighted by Crippen LogP contribution is 2.23. The van der Waals surface area contributed by atoms with E-state index in [0.29, 0.717) is 16.1 Å². The van der Waals surface area contributed by atoms with E-state index < -0.39 is 0 Å². The lowest BCUT2D eigenvalue weighted by molar-refractivity contribution is 0.566. The molecule has 0 aliphatic rings. The molecule has 1 aromatic heterocycles. The molecule has 0 spiro atoms. The molecule has 0 radical (unpaired) electrons. The van der Waals surface area contributed by atoms with Gasteiger partial charge in [-0.05, 0) is 40.4 Å². The van der Waals surface area contributed by atoms with Gasteiger partial charge in [0.15, 0.2) is 0 Å². The zero-order chi connectivity index (χ0) is 9.30. The SMILES string of the molecule is Cc1c(C(C)C)cc(Br)nc1F. The maximum Gasteiger partial charge on any atom is 0.217 e. The second-order valence-corrected chi connectivity index (χ2v) is 3.92. The zero-order valence-electron chi connectivity index (χ0n) is 7.36. The summed E-state index contributed by atoms with van der Waals surface area (Å²) in [7, 11) is 0. The standard InChI is InChI=1S/C9H11BrFN/c1-5(2)7-4-8(10)12-9(11)6(7)3/h4-5H,1-3H3. The van der Waals surface area contributed by atoms with Gasteiger partial charge in [0.2, 0.25) is 5.95 Å². The molecule has 1 heterocycles. The van der Waals surface area contributed by atoms with Crippen molar-refractivity contribution in [2.24, 2.45) is 0 Å². The number of hydrogen-bond acceptors (Lipinski definition) is 1. The van der Waals surface area contributed by atoms with Crippen LogP contribution < -0.4 is 0 Å². The molecule has 0 bridgehead atoms. The molecule has 0 N–H and O–H groups in total. The Labute approximate surface area is 80.1 Å². The fourth-order valence-electron chi connectivity index (χ4n) is 1.17. The third-order valence-electron chi connectivity index (χ3n) is 1.84. The molecule has 1 nitrogen and oxygen atoms in total. The predicted octanol–water partition coefficient (Wildman–Crippen LogP) is 3.42. The fourth-order valence-corrected chi connectivity index (χ4v) is 1.57. The molecule has 3 heteroatoms. The Kier molecular flexibility index (Phi) is 2.83. The van der Waals surface area contributed by atoms with E-state index in [9.17, 15) is 4.39 Å². The number of nitrogens with zero attached hydrogens (tertiary/aromatic N) is 1. The fraction of sp³-hybridized carbons (Fsp3) is 0.444. The minimum absolute atomic E-state index is 0.332. The van der Waals surface area contributed by atoms with Crippen molar-refractivity contribution in [1.82, 2.24) is 4.98 Å². The molecule has 0 unspecified atom stereocenters. The van der Waals surface area contributed by atoms with Crippen LogP contribution in [0.15, 0.2) is 10.7 Å². The van der Waals surface area contributed by atoms with Gasteiger partial charge < -0.3 is 0 Å². The number of hydrogen-bond donors (Lipinski definition) is 0. The molecule has 12 heavy (non-hydrogen) atoms. The van der Waals surface area contributed by atoms with E-state index in [0.717, 1.165) is 5.56 Å². The van der Waals surface area contributed by atoms with Crippen LogP contribution in [0.5, 0.6) is 0 Å². The topological polar surface area (TPSA) is 12.9 Å². The molecule has 0 atom stereocenters. The van der Waals surface area contributed by atoms with Crippen LogP contribution in [-0.4, -0.2) is 4.98 Å². The van der Waals surface area contributed by atoms with Crippen LogP contribution in [0.1, 0.15) is 30.9 Å². The highest BCUT2D eigenvalue weighted by Gasteiger charge is 2.09. The lowest BCUT2D eigenvalue weighted by Gasteiger charge is -2.09. The maximum atomic E-state index is 13.1. The first-order valence-corrected chi connectivity index (χ1v) is 4.64. The minimum Gasteiger partial charge on any atom is -0.212 e. The second-order valence-electron chi connectivity index (χ2n) is 3.10. The molecular weight excluding hydrogens is 221 g/mol. The van der Waals surface area contributed by atoms with Crippen LogP contribution in [0.25, 0.3) is 0 Å². The van der Waals surface area contributed by atoms with Crippen LogP contribution >= 0.6 is 15.9 Å². The second kappa shape index (κ2) is 3.52. The van der Waals surface area contributed by atoms with Gasteiger partial charge in [-0.15, -0.1) is 0 Å². The molecule has 0 saturated carbocycles. The van der Waals surface area contributed by atoms with Gasteiger partial charge in [0, 0.05) is 5.56 Å². The van der Waals surface area contributed by atoms with E-state index in [4.69, 9.17) is 0 Å². The number of rotatable bonds is 1. The number of pyridine rings is 1. The smallest absolute Gasteiger partial charge is 0.212 e. The van der Waals surface area contributed by atoms with Gasteiger partial charge >= 0.3 is 0 Å². The van der Waals surface area contributed by atoms with Crippen molar-refractivity contribution in [1.29, 1.82) is 0 Å². The van der Waals surface area contributed by atoms with Crippen molar-refractivity contribution >= 4 is 15.9 Å². The van der Waals surface area contributed by atoms with Crippen LogP contribution in [0.3, 0.4) is 0 Å². The third kappa shape index (κ3) is 1.83. The van der Waals surface area contributed by atoms with Crippen molar-refractivity contribution in [2.45, 2.75) is 26.7 Å². The van der Waals surface area contributed by atoms with Crippen LogP contribution in [0.2, 0.25) is 0 Å². The Hall–Kier alpha value is -0.440. The normalized spacial score (nSPS) is 10.8. The molecule has 0 saturated heterocycles. The van der Waals surface area contributed by atoms with Gasteiger partial charge in [-0.2, -0.15) is 4.39 Å². The molecule has 0 fully saturated rings. The Balaban J connectivity index is 3.28. The zero-order valence-corrected chi connectivity index (χ0v) is 8.94. The summed E-state index contributed by atoms with van der Waals surface area (Å²) >= 11 is 3.16. The van der Waals surface area contributed by atoms with Gasteiger partial charge in [-0.1, -0.05) is 13.8 Å². The lowest BCUT2D eigenvalue weighted by atomic mass is 10.0. The first kappa shape index (κ1) is 9.65. The van der Waals surface area contributed by atoms with Crippen LogP contribution in [-0.2, 0) is 0 Å². The van der Waals surface area contributed by atoms with Crippen molar-refractivity contribution in [2.75, 3.05) is 0 Å². The highest BCUT2D eigenvalue weighted by atomic mass is 79.9. The quantitative estimate of drug-likeness (QED) is 0.676. The van der Waals surface area contributed by atoms with Crippen molar-refractivity contribution in [3.05, 3.63) is 27.7 Å². The largest absolute Gasteiger partial charge is 0.217 e. The summed E-state index contributed by atoms with van der Waals surface area (Å²) in [4.78, 5) is 3.67. The van der Waals surface area contributed by atoms with Crippen molar-refractivity contribution < 1.29 is 4.39 Å². The summed E-state index contributed by atoms with van der Waals surface area (Å²) in [5.41, 5.74) is 1.66. The first-order valence-electron chi connectivity index (χ1n) is 3.85. The Morgan fingerprint density at radius 1 is 1.50 bits per heavy atom. The summed E-state index contributed by atoms with van der Waals surface area (Å²) in [6.07, 6.45) is 0. The maximum absolute atomic E-state index is 13.1. The lowest BCUT2D eigenvalue weighted by Crippen LogP contribution is -1.98. The highest BCUT2D eigenvalue weighted by molar-refractivity contribution is 9.10. The summed E-state index contributed by atoms with van der Waals surface area (Å²) in [5.74, 6) is -0.0492. The molecule has 0 aliphatic heterocycles. The van der Waals surface area contributed by atoms with E-state index in [2.05, 4.69) is 20.9 Å². The third-order valence-corrected chi connectivity index (χ3v) is 2.25. The van der Waals surface area contributed by atoms with E-state index >= 15 is 0 Å². The van der Waals surface area contributed by atoms with Crippen LogP contribution in [0, 0.1) is 12.9 Å². The number of halogens is 2. The molecule has 66 valence electrons. The monoisotopic (exact) mass is 231 g/mol. The van der Waals surface area contributed by atoms with Gasteiger partial charge in [-0.3, -0.25) is 0 Å². The predicted molar refractivity (Wildman–Crippen MR) is 50.7 cm³/mol. The summed E-state index contributed by atoms with van der Waals surface area (Å²) < 4.78 is 13.6. The van der Waals surface area contributed by atoms with Crippen molar-refractivity contribution in [3.8, 4) is 0 Å². The summed E-state index contributed by atoms with van der Waals surface area (Å²) in [6.45, 7) is 5.83. The first-order chi connectivity index (χ1) is 5.52. The van der Waals surface area contributed by atoms with Gasteiger partial charge in [0.05, 0.1) is 0 Å². The van der Waals surface area contributed by atoms with Gasteiger partial charge in [0.1, 0.15) is 4.60 Å². The van der Waals surface area contributed by atoms with E-state index in [1.54, 1.807) is 6.92 Å². The number of aromatic nitrogens is 1. The molecule has 0 aliphatic carbocycles. The van der Waals surface area contributed by atoms with Gasteiger partial charge in [0.25, 0.3) is 0 Å². The Morgan fingerprint density at radius 2 is 2.08 bits per heavy atom. The van der Waals surface area contributed by atoms with E-state index in [1.165, 1.54) is 0 Å².